The van der Waals surface area contributed by atoms with Gasteiger partial charge in [0.25, 0.3) is 0 Å². The fourth-order valence-electron chi connectivity index (χ4n) is 9.82. The van der Waals surface area contributed by atoms with E-state index in [-0.39, 0.29) is 0 Å². The van der Waals surface area contributed by atoms with Gasteiger partial charge in [-0.05, 0) is 124 Å². The third kappa shape index (κ3) is 4.48. The van der Waals surface area contributed by atoms with Crippen molar-refractivity contribution in [1.29, 1.82) is 0 Å². The van der Waals surface area contributed by atoms with Crippen molar-refractivity contribution < 1.29 is 8.83 Å². The number of hydrogen-bond acceptors (Lipinski definition) is 2. The van der Waals surface area contributed by atoms with Gasteiger partial charge in [0, 0.05) is 27.1 Å². The maximum atomic E-state index is 6.86. The molecule has 0 bridgehead atoms. The van der Waals surface area contributed by atoms with Gasteiger partial charge in [0.1, 0.15) is 22.3 Å². The Morgan fingerprint density at radius 1 is 0.241 bits per heavy atom. The highest BCUT2D eigenvalue weighted by atomic mass is 16.3. The van der Waals surface area contributed by atoms with E-state index in [0.717, 1.165) is 55.0 Å². The Bertz CT molecular complexity index is 3800. The van der Waals surface area contributed by atoms with Crippen molar-refractivity contribution in [2.24, 2.45) is 0 Å². The third-order valence-corrected chi connectivity index (χ3v) is 12.4. The Kier molecular flexibility index (Phi) is 6.47. The van der Waals surface area contributed by atoms with Gasteiger partial charge < -0.3 is 8.83 Å². The molecule has 0 aliphatic rings. The van der Waals surface area contributed by atoms with Gasteiger partial charge in [-0.25, -0.2) is 0 Å². The minimum absolute atomic E-state index is 0.863. The molecule has 0 N–H and O–H groups in total. The Hall–Kier alpha value is -7.68. The smallest absolute Gasteiger partial charge is 0.143 e. The largest absolute Gasteiger partial charge is 0.456 e. The van der Waals surface area contributed by atoms with Gasteiger partial charge in [0.15, 0.2) is 0 Å². The number of para-hydroxylation sites is 1. The number of benzene rings is 11. The molecule has 0 radical (unpaired) electrons. The van der Waals surface area contributed by atoms with Crippen molar-refractivity contribution >= 4 is 97.7 Å². The molecule has 2 heteroatoms. The van der Waals surface area contributed by atoms with Crippen LogP contribution in [0.25, 0.3) is 131 Å². The van der Waals surface area contributed by atoms with Crippen LogP contribution in [0.3, 0.4) is 0 Å². The Balaban J connectivity index is 1.01. The summed E-state index contributed by atoms with van der Waals surface area (Å²) in [5, 5.41) is 16.7. The van der Waals surface area contributed by atoms with E-state index >= 15 is 0 Å². The Morgan fingerprint density at radius 3 is 1.29 bits per heavy atom. The standard InChI is InChI=1S/C56H32O2/c1-2-12-34-29-38(24-21-33(34)11-1)51-42-15-5-7-17-44(42)52(45-18-8-6-16-43(45)51)39-25-22-36-31-40(26-23-35(36)30-39)53-41-14-4-3-13-37(41)32-47-55-50(58-56(47)53)28-27-49-54(55)46-19-9-10-20-48(46)57-49/h1-32H. The van der Waals surface area contributed by atoms with Gasteiger partial charge in [-0.1, -0.05) is 152 Å². The molecule has 0 aliphatic carbocycles. The molecule has 11 aromatic carbocycles. The lowest BCUT2D eigenvalue weighted by molar-refractivity contribution is 0.663. The van der Waals surface area contributed by atoms with Gasteiger partial charge in [0.05, 0.1) is 0 Å². The van der Waals surface area contributed by atoms with Crippen LogP contribution >= 0.6 is 0 Å². The molecular weight excluding hydrogens is 705 g/mol. The second-order valence-electron chi connectivity index (χ2n) is 15.5. The van der Waals surface area contributed by atoms with Crippen LogP contribution in [0.5, 0.6) is 0 Å². The van der Waals surface area contributed by atoms with E-state index < -0.39 is 0 Å². The SMILES string of the molecule is c1ccc2cc(-c3c4ccccc4c(-c4ccc5cc(-c6c7ccccc7cc7c6oc6ccc8oc9ccccc9c8c67)ccc5c4)c4ccccc34)ccc2c1. The van der Waals surface area contributed by atoms with E-state index in [4.69, 9.17) is 8.83 Å². The van der Waals surface area contributed by atoms with E-state index in [1.165, 1.54) is 76.1 Å². The predicted octanol–water partition coefficient (Wildman–Crippen LogP) is 16.3. The molecule has 2 heterocycles. The molecule has 0 unspecified atom stereocenters. The van der Waals surface area contributed by atoms with Crippen molar-refractivity contribution in [3.8, 4) is 33.4 Å². The van der Waals surface area contributed by atoms with Crippen LogP contribution in [0, 0.1) is 0 Å². The summed E-state index contributed by atoms with van der Waals surface area (Å²) in [6.07, 6.45) is 0. The molecule has 58 heavy (non-hydrogen) atoms. The molecule has 2 aromatic heterocycles. The summed E-state index contributed by atoms with van der Waals surface area (Å²) in [4.78, 5) is 0. The minimum atomic E-state index is 0.863. The van der Waals surface area contributed by atoms with Crippen LogP contribution in [-0.2, 0) is 0 Å². The zero-order chi connectivity index (χ0) is 37.9. The lowest BCUT2D eigenvalue weighted by Crippen LogP contribution is -1.91. The summed E-state index contributed by atoms with van der Waals surface area (Å²) in [5.41, 5.74) is 10.7. The van der Waals surface area contributed by atoms with Gasteiger partial charge in [-0.15, -0.1) is 0 Å². The molecule has 0 spiro atoms. The predicted molar refractivity (Wildman–Crippen MR) is 245 cm³/mol. The summed E-state index contributed by atoms with van der Waals surface area (Å²) in [6, 6.07) is 70.4. The van der Waals surface area contributed by atoms with Crippen LogP contribution in [-0.4, -0.2) is 0 Å². The topological polar surface area (TPSA) is 26.3 Å². The zero-order valence-corrected chi connectivity index (χ0v) is 31.3. The summed E-state index contributed by atoms with van der Waals surface area (Å²) < 4.78 is 13.2. The maximum absolute atomic E-state index is 6.86. The summed E-state index contributed by atoms with van der Waals surface area (Å²) >= 11 is 0. The van der Waals surface area contributed by atoms with Crippen molar-refractivity contribution in [2.45, 2.75) is 0 Å². The quantitative estimate of drug-likeness (QED) is 0.169. The molecular formula is C56H32O2. The monoisotopic (exact) mass is 736 g/mol. The lowest BCUT2D eigenvalue weighted by atomic mass is 9.85. The van der Waals surface area contributed by atoms with Crippen LogP contribution in [0.2, 0.25) is 0 Å². The first-order chi connectivity index (χ1) is 28.7. The third-order valence-electron chi connectivity index (χ3n) is 12.4. The summed E-state index contributed by atoms with van der Waals surface area (Å²) in [6.45, 7) is 0. The van der Waals surface area contributed by atoms with Crippen LogP contribution in [0.1, 0.15) is 0 Å². The average molecular weight is 737 g/mol. The Labute approximate surface area is 332 Å². The van der Waals surface area contributed by atoms with Crippen molar-refractivity contribution in [1.82, 2.24) is 0 Å². The fraction of sp³-hybridized carbons (Fsp3) is 0. The minimum Gasteiger partial charge on any atom is -0.456 e. The average Bonchev–Trinajstić information content (AvgIpc) is 3.85. The normalized spacial score (nSPS) is 12.1. The summed E-state index contributed by atoms with van der Waals surface area (Å²) in [5.74, 6) is 0. The second kappa shape index (κ2) is 11.9. The number of hydrogen-bond donors (Lipinski definition) is 0. The van der Waals surface area contributed by atoms with Crippen molar-refractivity contribution in [2.75, 3.05) is 0 Å². The number of rotatable bonds is 3. The molecule has 0 saturated carbocycles. The molecule has 0 atom stereocenters. The first-order valence-corrected chi connectivity index (χ1v) is 19.9. The highest BCUT2D eigenvalue weighted by Gasteiger charge is 2.22. The maximum Gasteiger partial charge on any atom is 0.143 e. The van der Waals surface area contributed by atoms with E-state index in [1.807, 2.05) is 18.2 Å². The van der Waals surface area contributed by atoms with Gasteiger partial charge in [-0.3, -0.25) is 0 Å². The number of fused-ring (bicyclic) bond motifs is 12. The molecule has 0 fully saturated rings. The first-order valence-electron chi connectivity index (χ1n) is 19.9. The van der Waals surface area contributed by atoms with Crippen molar-refractivity contribution in [3.63, 3.8) is 0 Å². The van der Waals surface area contributed by atoms with E-state index in [0.29, 0.717) is 0 Å². The molecule has 0 amide bonds. The molecule has 13 rings (SSSR count). The number of furan rings is 2. The second-order valence-corrected chi connectivity index (χ2v) is 15.5. The highest BCUT2D eigenvalue weighted by molar-refractivity contribution is 6.29. The fourth-order valence-corrected chi connectivity index (χ4v) is 9.82. The molecule has 2 nitrogen and oxygen atoms in total. The summed E-state index contributed by atoms with van der Waals surface area (Å²) in [7, 11) is 0. The van der Waals surface area contributed by atoms with E-state index in [9.17, 15) is 0 Å². The molecule has 0 saturated heterocycles. The molecule has 268 valence electrons. The highest BCUT2D eigenvalue weighted by Crippen LogP contribution is 2.47. The van der Waals surface area contributed by atoms with E-state index in [2.05, 4.69) is 176 Å². The zero-order valence-electron chi connectivity index (χ0n) is 31.3. The Morgan fingerprint density at radius 2 is 0.672 bits per heavy atom. The molecule has 13 aromatic rings. The van der Waals surface area contributed by atoms with Gasteiger partial charge in [-0.2, -0.15) is 0 Å². The van der Waals surface area contributed by atoms with Crippen LogP contribution < -0.4 is 0 Å². The van der Waals surface area contributed by atoms with Crippen LogP contribution in [0.4, 0.5) is 0 Å². The van der Waals surface area contributed by atoms with Crippen molar-refractivity contribution in [3.05, 3.63) is 194 Å². The first kappa shape index (κ1) is 31.5. The van der Waals surface area contributed by atoms with Gasteiger partial charge in [0.2, 0.25) is 0 Å². The lowest BCUT2D eigenvalue weighted by Gasteiger charge is -2.18. The molecule has 0 aliphatic heterocycles. The van der Waals surface area contributed by atoms with Gasteiger partial charge >= 0.3 is 0 Å². The van der Waals surface area contributed by atoms with Crippen LogP contribution in [0.15, 0.2) is 203 Å². The van der Waals surface area contributed by atoms with E-state index in [1.54, 1.807) is 0 Å².